The van der Waals surface area contributed by atoms with Crippen LogP contribution in [0.1, 0.15) is 22.7 Å². The first-order chi connectivity index (χ1) is 9.61. The highest BCUT2D eigenvalue weighted by Gasteiger charge is 2.32. The number of nitrogens with zero attached hydrogens (tertiary/aromatic N) is 1. The molecule has 0 spiro atoms. The second-order valence-corrected chi connectivity index (χ2v) is 5.60. The summed E-state index contributed by atoms with van der Waals surface area (Å²) in [4.78, 5) is 12.9. The topological polar surface area (TPSA) is 60.8 Å². The van der Waals surface area contributed by atoms with E-state index in [0.29, 0.717) is 16.6 Å². The maximum atomic E-state index is 11.3. The Hall–Kier alpha value is -2.01. The highest BCUT2D eigenvalue weighted by molar-refractivity contribution is 9.10. The minimum atomic E-state index is -0.333. The van der Waals surface area contributed by atoms with Gasteiger partial charge in [0.05, 0.1) is 10.5 Å². The van der Waals surface area contributed by atoms with Gasteiger partial charge in [-0.1, -0.05) is 24.3 Å². The first kappa shape index (κ1) is 13.0. The Morgan fingerprint density at radius 1 is 1.15 bits per heavy atom. The van der Waals surface area contributed by atoms with Gasteiger partial charge in [0.2, 0.25) is 6.41 Å². The summed E-state index contributed by atoms with van der Waals surface area (Å²) >= 11 is 3.24. The third-order valence-electron chi connectivity index (χ3n) is 3.56. The fourth-order valence-electron chi connectivity index (χ4n) is 2.64. The quantitative estimate of drug-likeness (QED) is 0.830. The number of phenolic OH excluding ortho intramolecular Hbond substituents is 2. The molecule has 2 N–H and O–H groups in total. The molecule has 2 aromatic rings. The van der Waals surface area contributed by atoms with Crippen LogP contribution in [0.25, 0.3) is 0 Å². The predicted octanol–water partition coefficient (Wildman–Crippen LogP) is 2.92. The van der Waals surface area contributed by atoms with Crippen LogP contribution in [0.3, 0.4) is 0 Å². The Morgan fingerprint density at radius 2 is 1.90 bits per heavy atom. The van der Waals surface area contributed by atoms with Gasteiger partial charge in [-0.25, -0.2) is 0 Å². The molecule has 3 rings (SSSR count). The van der Waals surface area contributed by atoms with Gasteiger partial charge in [0.15, 0.2) is 0 Å². The molecule has 1 heterocycles. The standard InChI is InChI=1S/C15H12BrNO3/c16-12-5-11(13(19)6-14(12)20)15-10-4-2-1-3-9(10)7-17(15)8-18/h1-6,8,15,19-20H,7H2. The zero-order chi connectivity index (χ0) is 14.3. The van der Waals surface area contributed by atoms with Crippen LogP contribution in [-0.2, 0) is 11.3 Å². The molecule has 4 nitrogen and oxygen atoms in total. The van der Waals surface area contributed by atoms with E-state index >= 15 is 0 Å². The molecule has 20 heavy (non-hydrogen) atoms. The van der Waals surface area contributed by atoms with Crippen molar-refractivity contribution in [3.8, 4) is 11.5 Å². The van der Waals surface area contributed by atoms with Gasteiger partial charge in [0.25, 0.3) is 0 Å². The second-order valence-electron chi connectivity index (χ2n) is 4.74. The lowest BCUT2D eigenvalue weighted by molar-refractivity contribution is -0.119. The van der Waals surface area contributed by atoms with Crippen molar-refractivity contribution in [2.24, 2.45) is 0 Å². The predicted molar refractivity (Wildman–Crippen MR) is 77.4 cm³/mol. The fourth-order valence-corrected chi connectivity index (χ4v) is 3.00. The number of hydrogen-bond donors (Lipinski definition) is 2. The first-order valence-electron chi connectivity index (χ1n) is 6.12. The fraction of sp³-hybridized carbons (Fsp3) is 0.133. The number of rotatable bonds is 2. The number of carbonyl (C=O) groups excluding carboxylic acids is 1. The zero-order valence-corrected chi connectivity index (χ0v) is 12.0. The summed E-state index contributed by atoms with van der Waals surface area (Å²) in [6.07, 6.45) is 0.783. The van der Waals surface area contributed by atoms with Crippen molar-refractivity contribution in [2.45, 2.75) is 12.6 Å². The minimum Gasteiger partial charge on any atom is -0.507 e. The highest BCUT2D eigenvalue weighted by Crippen LogP contribution is 2.43. The van der Waals surface area contributed by atoms with E-state index in [4.69, 9.17) is 0 Å². The van der Waals surface area contributed by atoms with Gasteiger partial charge in [-0.2, -0.15) is 0 Å². The van der Waals surface area contributed by atoms with Crippen molar-refractivity contribution in [3.05, 3.63) is 57.6 Å². The highest BCUT2D eigenvalue weighted by atomic mass is 79.9. The molecule has 0 aliphatic carbocycles. The van der Waals surface area contributed by atoms with Gasteiger partial charge in [-0.05, 0) is 33.1 Å². The molecular weight excluding hydrogens is 322 g/mol. The van der Waals surface area contributed by atoms with Crippen LogP contribution in [0.2, 0.25) is 0 Å². The van der Waals surface area contributed by atoms with E-state index in [1.165, 1.54) is 6.07 Å². The van der Waals surface area contributed by atoms with E-state index in [9.17, 15) is 15.0 Å². The summed E-state index contributed by atoms with van der Waals surface area (Å²) in [7, 11) is 0. The molecule has 1 unspecified atom stereocenters. The molecule has 0 saturated carbocycles. The number of carbonyl (C=O) groups is 1. The molecule has 1 aliphatic rings. The molecule has 0 saturated heterocycles. The number of halogens is 1. The SMILES string of the molecule is O=CN1Cc2ccccc2C1c1cc(Br)c(O)cc1O. The largest absolute Gasteiger partial charge is 0.507 e. The molecule has 0 aromatic heterocycles. The van der Waals surface area contributed by atoms with E-state index in [2.05, 4.69) is 15.9 Å². The molecule has 0 bridgehead atoms. The van der Waals surface area contributed by atoms with Crippen molar-refractivity contribution in [1.82, 2.24) is 4.90 Å². The lowest BCUT2D eigenvalue weighted by atomic mass is 9.97. The summed E-state index contributed by atoms with van der Waals surface area (Å²) in [6.45, 7) is 0.516. The number of benzene rings is 2. The van der Waals surface area contributed by atoms with Gasteiger partial charge in [-0.3, -0.25) is 4.79 Å². The summed E-state index contributed by atoms with van der Waals surface area (Å²) in [5, 5.41) is 19.7. The van der Waals surface area contributed by atoms with Crippen molar-refractivity contribution >= 4 is 22.3 Å². The zero-order valence-electron chi connectivity index (χ0n) is 10.5. The van der Waals surface area contributed by atoms with Crippen LogP contribution in [-0.4, -0.2) is 21.5 Å². The lowest BCUT2D eigenvalue weighted by Crippen LogP contribution is -2.21. The average molecular weight is 334 g/mol. The first-order valence-corrected chi connectivity index (χ1v) is 6.91. The summed E-state index contributed by atoms with van der Waals surface area (Å²) < 4.78 is 0.487. The number of fused-ring (bicyclic) bond motifs is 1. The van der Waals surface area contributed by atoms with Gasteiger partial charge < -0.3 is 15.1 Å². The third-order valence-corrected chi connectivity index (χ3v) is 4.20. The van der Waals surface area contributed by atoms with Crippen LogP contribution >= 0.6 is 15.9 Å². The van der Waals surface area contributed by atoms with E-state index < -0.39 is 0 Å². The van der Waals surface area contributed by atoms with Crippen molar-refractivity contribution in [1.29, 1.82) is 0 Å². The van der Waals surface area contributed by atoms with Crippen LogP contribution < -0.4 is 0 Å². The molecule has 0 fully saturated rings. The second kappa shape index (κ2) is 4.83. The van der Waals surface area contributed by atoms with Crippen LogP contribution in [0.4, 0.5) is 0 Å². The molecule has 1 aliphatic heterocycles. The van der Waals surface area contributed by atoms with Crippen molar-refractivity contribution < 1.29 is 15.0 Å². The monoisotopic (exact) mass is 333 g/mol. The Bertz CT molecular complexity index is 687. The van der Waals surface area contributed by atoms with Gasteiger partial charge in [0.1, 0.15) is 11.5 Å². The van der Waals surface area contributed by atoms with E-state index in [1.807, 2.05) is 24.3 Å². The number of amides is 1. The van der Waals surface area contributed by atoms with Gasteiger partial charge in [-0.15, -0.1) is 0 Å². The molecular formula is C15H12BrNO3. The van der Waals surface area contributed by atoms with Gasteiger partial charge in [0, 0.05) is 18.2 Å². The summed E-state index contributed by atoms with van der Waals surface area (Å²) in [6, 6.07) is 10.4. The average Bonchev–Trinajstić information content (AvgIpc) is 2.81. The molecule has 1 amide bonds. The van der Waals surface area contributed by atoms with Crippen LogP contribution in [0.5, 0.6) is 11.5 Å². The Labute approximate surface area is 124 Å². The minimum absolute atomic E-state index is 0.0285. The Kier molecular flexibility index (Phi) is 3.14. The third kappa shape index (κ3) is 1.94. The van der Waals surface area contributed by atoms with Crippen molar-refractivity contribution in [3.63, 3.8) is 0 Å². The lowest BCUT2D eigenvalue weighted by Gasteiger charge is -2.22. The van der Waals surface area contributed by atoms with Crippen molar-refractivity contribution in [2.75, 3.05) is 0 Å². The molecule has 1 atom stereocenters. The Morgan fingerprint density at radius 3 is 2.65 bits per heavy atom. The summed E-state index contributed by atoms with van der Waals surface area (Å²) in [5.41, 5.74) is 2.65. The smallest absolute Gasteiger partial charge is 0.210 e. The molecule has 102 valence electrons. The normalized spacial score (nSPS) is 17.1. The number of aromatic hydroxyl groups is 2. The summed E-state index contributed by atoms with van der Waals surface area (Å²) in [5.74, 6) is -0.0607. The van der Waals surface area contributed by atoms with Crippen LogP contribution in [0.15, 0.2) is 40.9 Å². The van der Waals surface area contributed by atoms with E-state index in [-0.39, 0.29) is 17.5 Å². The van der Waals surface area contributed by atoms with Crippen LogP contribution in [0, 0.1) is 0 Å². The van der Waals surface area contributed by atoms with E-state index in [0.717, 1.165) is 17.5 Å². The van der Waals surface area contributed by atoms with Gasteiger partial charge >= 0.3 is 0 Å². The Balaban J connectivity index is 2.17. The molecule has 5 heteroatoms. The maximum Gasteiger partial charge on any atom is 0.210 e. The molecule has 2 aromatic carbocycles. The van der Waals surface area contributed by atoms with E-state index in [1.54, 1.807) is 11.0 Å². The number of hydrogen-bond acceptors (Lipinski definition) is 3. The molecule has 0 radical (unpaired) electrons. The number of phenols is 2. The maximum absolute atomic E-state index is 11.3.